The van der Waals surface area contributed by atoms with Crippen molar-refractivity contribution in [2.24, 2.45) is 0 Å². The molecule has 1 aliphatic heterocycles. The molecule has 2 heterocycles. The van der Waals surface area contributed by atoms with E-state index in [0.29, 0.717) is 29.7 Å². The van der Waals surface area contributed by atoms with E-state index < -0.39 is 0 Å². The maximum atomic E-state index is 13.6. The summed E-state index contributed by atoms with van der Waals surface area (Å²) in [6.07, 6.45) is 1.44. The summed E-state index contributed by atoms with van der Waals surface area (Å²) in [6.45, 7) is 0.409. The van der Waals surface area contributed by atoms with Gasteiger partial charge in [-0.25, -0.2) is 9.37 Å². The van der Waals surface area contributed by atoms with Crippen LogP contribution in [0.3, 0.4) is 0 Å². The fourth-order valence-corrected chi connectivity index (χ4v) is 3.32. The van der Waals surface area contributed by atoms with Crippen LogP contribution in [-0.2, 0) is 6.54 Å². The van der Waals surface area contributed by atoms with E-state index in [4.69, 9.17) is 4.74 Å². The van der Waals surface area contributed by atoms with Crippen LogP contribution in [0.2, 0.25) is 0 Å². The van der Waals surface area contributed by atoms with Crippen LogP contribution in [0.15, 0.2) is 79.1 Å². The van der Waals surface area contributed by atoms with Gasteiger partial charge in [0.2, 0.25) is 5.88 Å². The van der Waals surface area contributed by atoms with Crippen molar-refractivity contribution in [3.63, 3.8) is 0 Å². The monoisotopic (exact) mass is 384 g/mol. The average Bonchev–Trinajstić information content (AvgIpc) is 2.94. The quantitative estimate of drug-likeness (QED) is 0.471. The summed E-state index contributed by atoms with van der Waals surface area (Å²) in [6, 6.07) is 22.7. The molecule has 0 amide bonds. The minimum atomic E-state index is -0.303. The Labute approximate surface area is 167 Å². The van der Waals surface area contributed by atoms with E-state index in [1.807, 2.05) is 30.3 Å². The molecule has 1 aromatic heterocycles. The molecule has 142 valence electrons. The van der Waals surface area contributed by atoms with Crippen molar-refractivity contribution in [1.82, 2.24) is 9.97 Å². The standard InChI is InChI=1S/C23H17FN4O/c24-18-9-10-20-17(11-18)13-25-21-22(26-14-27-23(21)29-20)28-19-8-4-7-16(12-19)15-5-2-1-3-6-15/h1-12,14,25H,13H2,(H,26,27,28). The fraction of sp³-hybridized carbons (Fsp3) is 0.0435. The SMILES string of the molecule is Fc1ccc2c(c1)CNc1c(Nc3cccc(-c4ccccc4)c3)ncnc1O2. The van der Waals surface area contributed by atoms with Crippen LogP contribution < -0.4 is 15.4 Å². The Balaban J connectivity index is 1.46. The van der Waals surface area contributed by atoms with E-state index in [2.05, 4.69) is 44.9 Å². The van der Waals surface area contributed by atoms with Gasteiger partial charge in [0.1, 0.15) is 23.6 Å². The number of aromatic nitrogens is 2. The van der Waals surface area contributed by atoms with E-state index in [-0.39, 0.29) is 5.82 Å². The minimum Gasteiger partial charge on any atom is -0.437 e. The molecular formula is C23H17FN4O. The first-order valence-electron chi connectivity index (χ1n) is 9.24. The number of rotatable bonds is 3. The molecule has 3 aromatic carbocycles. The van der Waals surface area contributed by atoms with Crippen molar-refractivity contribution in [2.75, 3.05) is 10.6 Å². The van der Waals surface area contributed by atoms with E-state index in [1.165, 1.54) is 18.5 Å². The van der Waals surface area contributed by atoms with Gasteiger partial charge in [-0.15, -0.1) is 0 Å². The molecule has 29 heavy (non-hydrogen) atoms. The lowest BCUT2D eigenvalue weighted by molar-refractivity contribution is 0.462. The predicted octanol–water partition coefficient (Wildman–Crippen LogP) is 5.74. The number of halogens is 1. The maximum absolute atomic E-state index is 13.6. The molecule has 0 spiro atoms. The second kappa shape index (κ2) is 7.24. The highest BCUT2D eigenvalue weighted by atomic mass is 19.1. The Morgan fingerprint density at radius 2 is 1.76 bits per heavy atom. The van der Waals surface area contributed by atoms with Gasteiger partial charge in [-0.3, -0.25) is 0 Å². The lowest BCUT2D eigenvalue weighted by atomic mass is 10.1. The zero-order valence-electron chi connectivity index (χ0n) is 15.4. The number of anilines is 3. The molecule has 6 heteroatoms. The van der Waals surface area contributed by atoms with Crippen molar-refractivity contribution in [1.29, 1.82) is 0 Å². The highest BCUT2D eigenvalue weighted by Gasteiger charge is 2.20. The summed E-state index contributed by atoms with van der Waals surface area (Å²) < 4.78 is 19.5. The van der Waals surface area contributed by atoms with E-state index in [9.17, 15) is 4.39 Å². The van der Waals surface area contributed by atoms with Crippen molar-refractivity contribution in [3.05, 3.63) is 90.5 Å². The van der Waals surface area contributed by atoms with Crippen LogP contribution in [0, 0.1) is 5.82 Å². The maximum Gasteiger partial charge on any atom is 0.248 e. The largest absolute Gasteiger partial charge is 0.437 e. The Morgan fingerprint density at radius 1 is 0.897 bits per heavy atom. The van der Waals surface area contributed by atoms with Crippen LogP contribution >= 0.6 is 0 Å². The summed E-state index contributed by atoms with van der Waals surface area (Å²) in [5.74, 6) is 1.26. The van der Waals surface area contributed by atoms with Gasteiger partial charge in [-0.2, -0.15) is 4.98 Å². The topological polar surface area (TPSA) is 59.1 Å². The number of ether oxygens (including phenoxy) is 1. The number of benzene rings is 3. The number of nitrogens with zero attached hydrogens (tertiary/aromatic N) is 2. The second-order valence-corrected chi connectivity index (χ2v) is 6.68. The summed E-state index contributed by atoms with van der Waals surface area (Å²) in [5.41, 5.74) is 4.48. The molecule has 0 fully saturated rings. The van der Waals surface area contributed by atoms with Gasteiger partial charge >= 0.3 is 0 Å². The molecule has 0 saturated carbocycles. The number of hydrogen-bond acceptors (Lipinski definition) is 5. The first kappa shape index (κ1) is 17.2. The van der Waals surface area contributed by atoms with Crippen LogP contribution in [0.1, 0.15) is 5.56 Å². The van der Waals surface area contributed by atoms with Crippen molar-refractivity contribution in [3.8, 4) is 22.8 Å². The summed E-state index contributed by atoms with van der Waals surface area (Å²) in [4.78, 5) is 8.61. The van der Waals surface area contributed by atoms with Crippen LogP contribution in [0.4, 0.5) is 21.6 Å². The minimum absolute atomic E-state index is 0.303. The summed E-state index contributed by atoms with van der Waals surface area (Å²) in [5, 5.41) is 6.60. The first-order valence-corrected chi connectivity index (χ1v) is 9.24. The molecule has 4 aromatic rings. The Hall–Kier alpha value is -3.93. The third kappa shape index (κ3) is 3.48. The van der Waals surface area contributed by atoms with Gasteiger partial charge in [0, 0.05) is 17.8 Å². The Kier molecular flexibility index (Phi) is 4.29. The number of fused-ring (bicyclic) bond motifs is 2. The van der Waals surface area contributed by atoms with Gasteiger partial charge in [0.05, 0.1) is 0 Å². The lowest BCUT2D eigenvalue weighted by Gasteiger charge is -2.13. The molecule has 0 aliphatic carbocycles. The smallest absolute Gasteiger partial charge is 0.248 e. The highest BCUT2D eigenvalue weighted by molar-refractivity contribution is 5.77. The number of nitrogens with one attached hydrogen (secondary N) is 2. The van der Waals surface area contributed by atoms with E-state index in [1.54, 1.807) is 6.07 Å². The fourth-order valence-electron chi connectivity index (χ4n) is 3.32. The van der Waals surface area contributed by atoms with E-state index in [0.717, 1.165) is 22.4 Å². The molecule has 2 N–H and O–H groups in total. The molecule has 5 rings (SSSR count). The Morgan fingerprint density at radius 3 is 2.66 bits per heavy atom. The van der Waals surface area contributed by atoms with Gasteiger partial charge < -0.3 is 15.4 Å². The van der Waals surface area contributed by atoms with Gasteiger partial charge in [-0.05, 0) is 41.5 Å². The molecule has 5 nitrogen and oxygen atoms in total. The van der Waals surface area contributed by atoms with E-state index >= 15 is 0 Å². The molecule has 1 aliphatic rings. The third-order valence-electron chi connectivity index (χ3n) is 4.73. The van der Waals surface area contributed by atoms with Crippen LogP contribution in [0.5, 0.6) is 11.6 Å². The summed E-state index contributed by atoms with van der Waals surface area (Å²) >= 11 is 0. The van der Waals surface area contributed by atoms with Gasteiger partial charge in [0.25, 0.3) is 0 Å². The Bertz CT molecular complexity index is 1180. The van der Waals surface area contributed by atoms with Crippen LogP contribution in [0.25, 0.3) is 11.1 Å². The van der Waals surface area contributed by atoms with Crippen molar-refractivity contribution in [2.45, 2.75) is 6.54 Å². The molecule has 0 saturated heterocycles. The molecule has 0 radical (unpaired) electrons. The molecule has 0 bridgehead atoms. The normalized spacial score (nSPS) is 12.0. The predicted molar refractivity (Wildman–Crippen MR) is 111 cm³/mol. The van der Waals surface area contributed by atoms with Gasteiger partial charge in [0.15, 0.2) is 5.82 Å². The number of hydrogen-bond donors (Lipinski definition) is 2. The molecular weight excluding hydrogens is 367 g/mol. The second-order valence-electron chi connectivity index (χ2n) is 6.68. The highest BCUT2D eigenvalue weighted by Crippen LogP contribution is 2.38. The lowest BCUT2D eigenvalue weighted by Crippen LogP contribution is -2.04. The van der Waals surface area contributed by atoms with Crippen molar-refractivity contribution < 1.29 is 9.13 Å². The molecule has 0 atom stereocenters. The van der Waals surface area contributed by atoms with Crippen LogP contribution in [-0.4, -0.2) is 9.97 Å². The zero-order chi connectivity index (χ0) is 19.6. The first-order chi connectivity index (χ1) is 14.3. The zero-order valence-corrected chi connectivity index (χ0v) is 15.4. The summed E-state index contributed by atoms with van der Waals surface area (Å²) in [7, 11) is 0. The van der Waals surface area contributed by atoms with Gasteiger partial charge in [-0.1, -0.05) is 42.5 Å². The van der Waals surface area contributed by atoms with Crippen molar-refractivity contribution >= 4 is 17.2 Å². The average molecular weight is 384 g/mol. The third-order valence-corrected chi connectivity index (χ3v) is 4.73. The molecule has 0 unspecified atom stereocenters.